The van der Waals surface area contributed by atoms with Gasteiger partial charge in [-0.1, -0.05) is 0 Å². The van der Waals surface area contributed by atoms with E-state index in [9.17, 15) is 9.59 Å². The molecule has 1 amide bonds. The lowest BCUT2D eigenvalue weighted by Gasteiger charge is -2.11. The molecule has 4 N–H and O–H groups in total. The largest absolute Gasteiger partial charge is 0.480 e. The van der Waals surface area contributed by atoms with E-state index in [1.165, 1.54) is 19.2 Å². The molecule has 1 aromatic rings. The van der Waals surface area contributed by atoms with Crippen LogP contribution in [-0.2, 0) is 4.79 Å². The summed E-state index contributed by atoms with van der Waals surface area (Å²) in [5.74, 6) is -1.50. The van der Waals surface area contributed by atoms with Gasteiger partial charge in [0.25, 0.3) is 5.91 Å². The van der Waals surface area contributed by atoms with E-state index in [1.807, 2.05) is 0 Å². The van der Waals surface area contributed by atoms with E-state index in [0.717, 1.165) is 0 Å². The van der Waals surface area contributed by atoms with Gasteiger partial charge in [0, 0.05) is 6.20 Å². The second kappa shape index (κ2) is 4.41. The molecule has 0 aliphatic heterocycles. The van der Waals surface area contributed by atoms with Crippen molar-refractivity contribution in [3.63, 3.8) is 0 Å². The Hall–Kier alpha value is -2.11. The Labute approximate surface area is 86.1 Å². The molecule has 1 heterocycles. The number of carboxylic acids is 1. The molecule has 0 saturated heterocycles. The summed E-state index contributed by atoms with van der Waals surface area (Å²) < 4.78 is 0. The predicted molar refractivity (Wildman–Crippen MR) is 53.5 cm³/mol. The van der Waals surface area contributed by atoms with Gasteiger partial charge in [-0.25, -0.2) is 4.98 Å². The van der Waals surface area contributed by atoms with Crippen molar-refractivity contribution in [2.24, 2.45) is 5.73 Å². The van der Waals surface area contributed by atoms with E-state index < -0.39 is 17.9 Å². The van der Waals surface area contributed by atoms with Crippen LogP contribution in [0.4, 0.5) is 5.82 Å². The zero-order valence-electron chi connectivity index (χ0n) is 8.10. The lowest BCUT2D eigenvalue weighted by Crippen LogP contribution is -2.27. The van der Waals surface area contributed by atoms with Crippen molar-refractivity contribution in [2.75, 3.05) is 5.32 Å². The van der Waals surface area contributed by atoms with Crippen molar-refractivity contribution in [2.45, 2.75) is 13.0 Å². The Morgan fingerprint density at radius 1 is 1.60 bits per heavy atom. The molecule has 0 fully saturated rings. The Morgan fingerprint density at radius 2 is 2.27 bits per heavy atom. The molecule has 0 saturated carbocycles. The van der Waals surface area contributed by atoms with Crippen LogP contribution in [0.2, 0.25) is 0 Å². The summed E-state index contributed by atoms with van der Waals surface area (Å²) in [6, 6.07) is 2.20. The number of carboxylic acid groups (broad SMARTS) is 1. The maximum Gasteiger partial charge on any atom is 0.325 e. The average molecular weight is 209 g/mol. The number of pyridine rings is 1. The third-order valence-electron chi connectivity index (χ3n) is 1.80. The maximum absolute atomic E-state index is 11.0. The molecule has 0 radical (unpaired) electrons. The van der Waals surface area contributed by atoms with Gasteiger partial charge in [-0.15, -0.1) is 0 Å². The number of hydrogen-bond donors (Lipinski definition) is 3. The normalized spacial score (nSPS) is 11.8. The third kappa shape index (κ3) is 2.67. The van der Waals surface area contributed by atoms with E-state index in [4.69, 9.17) is 10.8 Å². The van der Waals surface area contributed by atoms with Gasteiger partial charge in [-0.3, -0.25) is 9.59 Å². The number of nitrogens with zero attached hydrogens (tertiary/aromatic N) is 1. The second-order valence-corrected chi connectivity index (χ2v) is 2.97. The molecule has 0 spiro atoms. The third-order valence-corrected chi connectivity index (χ3v) is 1.80. The highest BCUT2D eigenvalue weighted by Gasteiger charge is 2.15. The van der Waals surface area contributed by atoms with Gasteiger partial charge in [0.05, 0.1) is 5.56 Å². The van der Waals surface area contributed by atoms with Crippen LogP contribution in [0.25, 0.3) is 0 Å². The van der Waals surface area contributed by atoms with Crippen LogP contribution < -0.4 is 11.1 Å². The van der Waals surface area contributed by atoms with Gasteiger partial charge in [0.2, 0.25) is 0 Å². The number of aromatic nitrogens is 1. The van der Waals surface area contributed by atoms with Gasteiger partial charge in [0.15, 0.2) is 0 Å². The summed E-state index contributed by atoms with van der Waals surface area (Å²) in [5, 5.41) is 11.2. The smallest absolute Gasteiger partial charge is 0.325 e. The van der Waals surface area contributed by atoms with Gasteiger partial charge in [0.1, 0.15) is 11.9 Å². The number of nitrogens with two attached hydrogens (primary N) is 1. The van der Waals surface area contributed by atoms with Gasteiger partial charge < -0.3 is 16.2 Å². The molecular formula is C9H11N3O3. The van der Waals surface area contributed by atoms with Crippen LogP contribution in [-0.4, -0.2) is 28.0 Å². The Balaban J connectivity index is 2.94. The molecule has 1 unspecified atom stereocenters. The number of hydrogen-bond acceptors (Lipinski definition) is 4. The zero-order chi connectivity index (χ0) is 11.4. The highest BCUT2D eigenvalue weighted by molar-refractivity contribution is 5.97. The van der Waals surface area contributed by atoms with Crippen molar-refractivity contribution in [1.82, 2.24) is 4.98 Å². The van der Waals surface area contributed by atoms with Crippen LogP contribution in [0.15, 0.2) is 18.3 Å². The minimum Gasteiger partial charge on any atom is -0.480 e. The zero-order valence-corrected chi connectivity index (χ0v) is 8.10. The first-order valence-corrected chi connectivity index (χ1v) is 4.26. The first kappa shape index (κ1) is 11.0. The number of rotatable bonds is 4. The van der Waals surface area contributed by atoms with Crippen LogP contribution in [0.1, 0.15) is 17.3 Å². The molecule has 1 atom stereocenters. The Morgan fingerprint density at radius 3 is 2.80 bits per heavy atom. The number of carbonyl (C=O) groups excluding carboxylic acids is 1. The summed E-state index contributed by atoms with van der Waals surface area (Å²) in [6.07, 6.45) is 1.45. The number of anilines is 1. The molecule has 0 aliphatic rings. The monoisotopic (exact) mass is 209 g/mol. The summed E-state index contributed by atoms with van der Waals surface area (Å²) >= 11 is 0. The van der Waals surface area contributed by atoms with Crippen LogP contribution >= 0.6 is 0 Å². The van der Waals surface area contributed by atoms with Crippen molar-refractivity contribution in [3.05, 3.63) is 23.9 Å². The molecule has 80 valence electrons. The predicted octanol–water partition coefficient (Wildman–Crippen LogP) is 0.0655. The molecule has 15 heavy (non-hydrogen) atoms. The molecule has 0 bridgehead atoms. The minimum atomic E-state index is -1.03. The fraction of sp³-hybridized carbons (Fsp3) is 0.222. The summed E-state index contributed by atoms with van der Waals surface area (Å²) in [7, 11) is 0. The molecule has 1 aromatic heterocycles. The van der Waals surface area contributed by atoms with E-state index in [-0.39, 0.29) is 11.4 Å². The van der Waals surface area contributed by atoms with Crippen molar-refractivity contribution < 1.29 is 14.7 Å². The first-order chi connectivity index (χ1) is 7.02. The summed E-state index contributed by atoms with van der Waals surface area (Å²) in [4.78, 5) is 25.4. The molecule has 6 nitrogen and oxygen atoms in total. The van der Waals surface area contributed by atoms with Gasteiger partial charge in [-0.2, -0.15) is 0 Å². The number of nitrogens with one attached hydrogen (secondary N) is 1. The highest BCUT2D eigenvalue weighted by atomic mass is 16.4. The van der Waals surface area contributed by atoms with Crippen molar-refractivity contribution in [1.29, 1.82) is 0 Å². The molecule has 0 aromatic carbocycles. The maximum atomic E-state index is 11.0. The Kier molecular flexibility index (Phi) is 3.22. The quantitative estimate of drug-likeness (QED) is 0.650. The topological polar surface area (TPSA) is 105 Å². The number of aliphatic carboxylic acids is 1. The lowest BCUT2D eigenvalue weighted by molar-refractivity contribution is -0.137. The molecule has 0 aliphatic carbocycles. The lowest BCUT2D eigenvalue weighted by atomic mass is 10.2. The molecular weight excluding hydrogens is 198 g/mol. The van der Waals surface area contributed by atoms with Gasteiger partial charge in [-0.05, 0) is 19.1 Å². The number of carbonyl (C=O) groups is 2. The first-order valence-electron chi connectivity index (χ1n) is 4.26. The second-order valence-electron chi connectivity index (χ2n) is 2.97. The van der Waals surface area contributed by atoms with E-state index in [1.54, 1.807) is 6.07 Å². The summed E-state index contributed by atoms with van der Waals surface area (Å²) in [5.41, 5.74) is 5.27. The minimum absolute atomic E-state index is 0.172. The SMILES string of the molecule is CC(Nc1ncccc1C(N)=O)C(=O)O. The molecule has 1 rings (SSSR count). The van der Waals surface area contributed by atoms with Crippen LogP contribution in [0, 0.1) is 0 Å². The summed E-state index contributed by atoms with van der Waals surface area (Å²) in [6.45, 7) is 1.45. The van der Waals surface area contributed by atoms with Gasteiger partial charge >= 0.3 is 5.97 Å². The van der Waals surface area contributed by atoms with Crippen LogP contribution in [0.5, 0.6) is 0 Å². The fourth-order valence-corrected chi connectivity index (χ4v) is 0.986. The van der Waals surface area contributed by atoms with E-state index in [0.29, 0.717) is 0 Å². The number of amides is 1. The highest BCUT2D eigenvalue weighted by Crippen LogP contribution is 2.11. The van der Waals surface area contributed by atoms with Crippen molar-refractivity contribution >= 4 is 17.7 Å². The number of primary amides is 1. The molecule has 6 heteroatoms. The van der Waals surface area contributed by atoms with Crippen LogP contribution in [0.3, 0.4) is 0 Å². The van der Waals surface area contributed by atoms with Crippen molar-refractivity contribution in [3.8, 4) is 0 Å². The Bertz CT molecular complexity index is 392. The average Bonchev–Trinajstić information content (AvgIpc) is 2.18. The standard InChI is InChI=1S/C9H11N3O3/c1-5(9(14)15)12-8-6(7(10)13)3-2-4-11-8/h2-5H,1H3,(H2,10,13)(H,11,12)(H,14,15). The van der Waals surface area contributed by atoms with E-state index >= 15 is 0 Å². The van der Waals surface area contributed by atoms with E-state index in [2.05, 4.69) is 10.3 Å². The fourth-order valence-electron chi connectivity index (χ4n) is 0.986.